The number of alkyl halides is 3. The molecule has 0 fully saturated rings. The minimum absolute atomic E-state index is 0.246. The summed E-state index contributed by atoms with van der Waals surface area (Å²) in [6, 6.07) is 13.3. The Hall–Kier alpha value is -2.48. The van der Waals surface area contributed by atoms with Crippen LogP contribution in [0.5, 0.6) is 5.75 Å². The van der Waals surface area contributed by atoms with Crippen molar-refractivity contribution in [1.29, 1.82) is 0 Å². The third kappa shape index (κ3) is 4.33. The third-order valence-electron chi connectivity index (χ3n) is 3.44. The van der Waals surface area contributed by atoms with Crippen LogP contribution >= 0.6 is 15.9 Å². The van der Waals surface area contributed by atoms with E-state index in [1.807, 2.05) is 31.3 Å². The normalized spacial score (nSPS) is 11.4. The predicted molar refractivity (Wildman–Crippen MR) is 92.8 cm³/mol. The topological polar surface area (TPSA) is 39.1 Å². The Balaban J connectivity index is 1.82. The van der Waals surface area contributed by atoms with E-state index in [0.29, 0.717) is 0 Å². The van der Waals surface area contributed by atoms with Gasteiger partial charge in [0.05, 0.1) is 10.7 Å². The van der Waals surface area contributed by atoms with Gasteiger partial charge in [0.2, 0.25) is 0 Å². The number of halogens is 4. The van der Waals surface area contributed by atoms with Gasteiger partial charge in [0, 0.05) is 12.7 Å². The van der Waals surface area contributed by atoms with Gasteiger partial charge in [-0.1, -0.05) is 24.3 Å². The van der Waals surface area contributed by atoms with Crippen LogP contribution in [0.15, 0.2) is 59.2 Å². The maximum atomic E-state index is 12.2. The van der Waals surface area contributed by atoms with Gasteiger partial charge in [0.15, 0.2) is 0 Å². The fraction of sp³-hybridized carbons (Fsp3) is 0.118. The Labute approximate surface area is 150 Å². The van der Waals surface area contributed by atoms with Gasteiger partial charge in [0.1, 0.15) is 11.6 Å². The second-order valence-corrected chi connectivity index (χ2v) is 6.10. The van der Waals surface area contributed by atoms with Gasteiger partial charge < -0.3 is 10.1 Å². The summed E-state index contributed by atoms with van der Waals surface area (Å²) in [5.41, 5.74) is 2.47. The highest BCUT2D eigenvalue weighted by atomic mass is 79.9. The minimum Gasteiger partial charge on any atom is -0.406 e. The first-order valence-electron chi connectivity index (χ1n) is 7.22. The van der Waals surface area contributed by atoms with Crippen LogP contribution in [0.4, 0.5) is 24.7 Å². The summed E-state index contributed by atoms with van der Waals surface area (Å²) in [5, 5.41) is 7.39. The number of nitrogens with zero attached hydrogens (tertiary/aromatic N) is 2. The fourth-order valence-electron chi connectivity index (χ4n) is 2.31. The average Bonchev–Trinajstić information content (AvgIpc) is 2.86. The van der Waals surface area contributed by atoms with Crippen LogP contribution in [0.2, 0.25) is 0 Å². The smallest absolute Gasteiger partial charge is 0.406 e. The summed E-state index contributed by atoms with van der Waals surface area (Å²) < 4.78 is 43.1. The molecule has 0 saturated carbocycles. The molecule has 0 bridgehead atoms. The van der Waals surface area contributed by atoms with Crippen LogP contribution in [0.3, 0.4) is 0 Å². The molecule has 0 atom stereocenters. The highest BCUT2D eigenvalue weighted by Crippen LogP contribution is 2.30. The molecule has 0 saturated heterocycles. The zero-order chi connectivity index (χ0) is 18.0. The molecule has 1 heterocycles. The van der Waals surface area contributed by atoms with Crippen LogP contribution < -0.4 is 10.1 Å². The number of anilines is 2. The lowest BCUT2D eigenvalue weighted by Crippen LogP contribution is -2.16. The van der Waals surface area contributed by atoms with E-state index >= 15 is 0 Å². The molecule has 3 aromatic rings. The van der Waals surface area contributed by atoms with E-state index in [4.69, 9.17) is 0 Å². The molecule has 0 aliphatic rings. The number of nitrogens with one attached hydrogen (secondary N) is 1. The Bertz CT molecular complexity index is 856. The monoisotopic (exact) mass is 411 g/mol. The van der Waals surface area contributed by atoms with Crippen molar-refractivity contribution in [3.05, 3.63) is 59.2 Å². The number of hydrogen-bond donors (Lipinski definition) is 1. The molecule has 0 radical (unpaired) electrons. The van der Waals surface area contributed by atoms with Gasteiger partial charge in [-0.15, -0.1) is 13.2 Å². The molecule has 0 spiro atoms. The van der Waals surface area contributed by atoms with Crippen LogP contribution in [-0.2, 0) is 7.05 Å². The van der Waals surface area contributed by atoms with E-state index in [9.17, 15) is 13.2 Å². The van der Waals surface area contributed by atoms with E-state index in [-0.39, 0.29) is 5.75 Å². The molecular weight excluding hydrogens is 399 g/mol. The van der Waals surface area contributed by atoms with Crippen LogP contribution in [-0.4, -0.2) is 16.1 Å². The summed E-state index contributed by atoms with van der Waals surface area (Å²) in [6.07, 6.45) is -3.01. The Morgan fingerprint density at radius 3 is 2.40 bits per heavy atom. The number of rotatable bonds is 4. The Morgan fingerprint density at radius 1 is 1.08 bits per heavy atom. The summed E-state index contributed by atoms with van der Waals surface area (Å²) in [5.74, 6) is 0.551. The number of aryl methyl sites for hydroxylation is 1. The first kappa shape index (κ1) is 17.3. The standard InChI is InChI=1S/C17H13BrF3N3O/c1-24-16(15(18)10-22-24)23-13-4-2-3-12(9-13)11-5-7-14(8-6-11)25-17(19,20)21/h2-10,23H,1H3. The van der Waals surface area contributed by atoms with Crippen molar-refractivity contribution in [3.8, 4) is 16.9 Å². The van der Waals surface area contributed by atoms with Crippen molar-refractivity contribution >= 4 is 27.4 Å². The van der Waals surface area contributed by atoms with Crippen molar-refractivity contribution in [1.82, 2.24) is 9.78 Å². The van der Waals surface area contributed by atoms with Crippen LogP contribution in [0.1, 0.15) is 0 Å². The zero-order valence-electron chi connectivity index (χ0n) is 13.0. The van der Waals surface area contributed by atoms with Gasteiger partial charge in [0.25, 0.3) is 0 Å². The van der Waals surface area contributed by atoms with Gasteiger partial charge in [-0.25, -0.2) is 0 Å². The number of aromatic nitrogens is 2. The van der Waals surface area contributed by atoms with Gasteiger partial charge in [-0.3, -0.25) is 4.68 Å². The highest BCUT2D eigenvalue weighted by molar-refractivity contribution is 9.10. The quantitative estimate of drug-likeness (QED) is 0.616. The van der Waals surface area contributed by atoms with E-state index in [1.165, 1.54) is 12.1 Å². The molecule has 1 aromatic heterocycles. The maximum Gasteiger partial charge on any atom is 0.573 e. The fourth-order valence-corrected chi connectivity index (χ4v) is 2.76. The Kier molecular flexibility index (Phi) is 4.71. The molecule has 25 heavy (non-hydrogen) atoms. The molecule has 1 N–H and O–H groups in total. The number of benzene rings is 2. The van der Waals surface area contributed by atoms with Crippen molar-refractivity contribution in [2.45, 2.75) is 6.36 Å². The van der Waals surface area contributed by atoms with E-state index in [2.05, 4.69) is 31.1 Å². The molecule has 0 aliphatic heterocycles. The lowest BCUT2D eigenvalue weighted by Gasteiger charge is -2.11. The molecule has 8 heteroatoms. The summed E-state index contributed by atoms with van der Waals surface area (Å²) in [7, 11) is 1.82. The van der Waals surface area contributed by atoms with Crippen LogP contribution in [0, 0.1) is 0 Å². The second kappa shape index (κ2) is 6.79. The summed E-state index contributed by atoms with van der Waals surface area (Å²) in [4.78, 5) is 0. The van der Waals surface area contributed by atoms with Crippen molar-refractivity contribution in [2.75, 3.05) is 5.32 Å². The van der Waals surface area contributed by atoms with Crippen molar-refractivity contribution < 1.29 is 17.9 Å². The zero-order valence-corrected chi connectivity index (χ0v) is 14.6. The lowest BCUT2D eigenvalue weighted by molar-refractivity contribution is -0.274. The van der Waals surface area contributed by atoms with Crippen LogP contribution in [0.25, 0.3) is 11.1 Å². The van der Waals surface area contributed by atoms with E-state index < -0.39 is 6.36 Å². The molecule has 0 amide bonds. The molecule has 3 rings (SSSR count). The third-order valence-corrected chi connectivity index (χ3v) is 4.02. The molecule has 0 unspecified atom stereocenters. The summed E-state index contributed by atoms with van der Waals surface area (Å²) in [6.45, 7) is 0. The number of hydrogen-bond acceptors (Lipinski definition) is 3. The largest absolute Gasteiger partial charge is 0.573 e. The first-order chi connectivity index (χ1) is 11.8. The molecule has 4 nitrogen and oxygen atoms in total. The van der Waals surface area contributed by atoms with Crippen molar-refractivity contribution in [3.63, 3.8) is 0 Å². The van der Waals surface area contributed by atoms with Gasteiger partial charge in [-0.2, -0.15) is 5.10 Å². The molecule has 130 valence electrons. The SMILES string of the molecule is Cn1ncc(Br)c1Nc1cccc(-c2ccc(OC(F)(F)F)cc2)c1. The van der Waals surface area contributed by atoms with Gasteiger partial charge >= 0.3 is 6.36 Å². The molecule has 0 aliphatic carbocycles. The van der Waals surface area contributed by atoms with Crippen molar-refractivity contribution in [2.24, 2.45) is 7.05 Å². The average molecular weight is 412 g/mol. The molecular formula is C17H13BrF3N3O. The predicted octanol–water partition coefficient (Wildman–Crippen LogP) is 5.49. The van der Waals surface area contributed by atoms with E-state index in [0.717, 1.165) is 27.1 Å². The highest BCUT2D eigenvalue weighted by Gasteiger charge is 2.30. The maximum absolute atomic E-state index is 12.2. The molecule has 2 aromatic carbocycles. The second-order valence-electron chi connectivity index (χ2n) is 5.24. The summed E-state index contributed by atoms with van der Waals surface area (Å²) >= 11 is 3.42. The minimum atomic E-state index is -4.69. The number of ether oxygens (including phenoxy) is 1. The van der Waals surface area contributed by atoms with Gasteiger partial charge in [-0.05, 0) is 51.3 Å². The van der Waals surface area contributed by atoms with E-state index in [1.54, 1.807) is 23.0 Å². The Morgan fingerprint density at radius 2 is 1.80 bits per heavy atom. The first-order valence-corrected chi connectivity index (χ1v) is 8.02. The lowest BCUT2D eigenvalue weighted by atomic mass is 10.1.